The van der Waals surface area contributed by atoms with E-state index in [9.17, 15) is 18.8 Å². The molecule has 1 fully saturated rings. The van der Waals surface area contributed by atoms with Crippen molar-refractivity contribution in [2.75, 3.05) is 31.5 Å². The molecule has 3 N–H and O–H groups in total. The summed E-state index contributed by atoms with van der Waals surface area (Å²) >= 11 is 0. The van der Waals surface area contributed by atoms with Crippen molar-refractivity contribution in [3.8, 4) is 0 Å². The number of carbonyl (C=O) groups is 2. The number of carbonyl (C=O) groups excluding carboxylic acids is 2. The molecule has 1 atom stereocenters. The summed E-state index contributed by atoms with van der Waals surface area (Å²) in [6.45, 7) is 4.09. The number of nitrogens with zero attached hydrogens (tertiary/aromatic N) is 2. The summed E-state index contributed by atoms with van der Waals surface area (Å²) in [6.07, 6.45) is 0.236. The highest BCUT2D eigenvalue weighted by Gasteiger charge is 2.27. The van der Waals surface area contributed by atoms with Gasteiger partial charge in [0, 0.05) is 31.9 Å². The van der Waals surface area contributed by atoms with Crippen LogP contribution in [0.2, 0.25) is 0 Å². The first-order chi connectivity index (χ1) is 14.9. The molecule has 1 aliphatic rings. The van der Waals surface area contributed by atoms with Gasteiger partial charge in [-0.05, 0) is 42.8 Å². The van der Waals surface area contributed by atoms with Gasteiger partial charge in [0.05, 0.1) is 23.5 Å². The normalized spacial score (nSPS) is 15.7. The minimum absolute atomic E-state index is 0.00263. The smallest absolute Gasteiger partial charge is 0.323 e. The molecule has 0 aliphatic carbocycles. The van der Waals surface area contributed by atoms with Crippen LogP contribution in [0.5, 0.6) is 0 Å². The Morgan fingerprint density at radius 1 is 1.03 bits per heavy atom. The zero-order valence-electron chi connectivity index (χ0n) is 17.2. The molecule has 1 unspecified atom stereocenters. The van der Waals surface area contributed by atoms with E-state index in [1.165, 1.54) is 12.1 Å². The lowest BCUT2D eigenvalue weighted by atomic mass is 10.1. The predicted molar refractivity (Wildman–Crippen MR) is 115 cm³/mol. The second kappa shape index (κ2) is 8.73. The monoisotopic (exact) mass is 425 g/mol. The molecule has 2 heterocycles. The maximum atomic E-state index is 13.0. The largest absolute Gasteiger partial charge is 0.340 e. The highest BCUT2D eigenvalue weighted by molar-refractivity contribution is 5.96. The van der Waals surface area contributed by atoms with Crippen molar-refractivity contribution in [1.82, 2.24) is 19.8 Å². The number of benzene rings is 2. The van der Waals surface area contributed by atoms with Crippen LogP contribution in [0.4, 0.5) is 10.1 Å². The van der Waals surface area contributed by atoms with Crippen LogP contribution in [0.15, 0.2) is 47.3 Å². The highest BCUT2D eigenvalue weighted by Crippen LogP contribution is 2.16. The van der Waals surface area contributed by atoms with Crippen molar-refractivity contribution in [3.05, 3.63) is 64.3 Å². The quantitative estimate of drug-likeness (QED) is 0.579. The zero-order chi connectivity index (χ0) is 22.0. The molecule has 31 heavy (non-hydrogen) atoms. The van der Waals surface area contributed by atoms with Crippen LogP contribution in [-0.4, -0.2) is 63.8 Å². The Bertz CT molecular complexity index is 1150. The second-order valence-electron chi connectivity index (χ2n) is 7.72. The molecule has 162 valence electrons. The maximum Gasteiger partial charge on any atom is 0.323 e. The summed E-state index contributed by atoms with van der Waals surface area (Å²) in [6, 6.07) is 10.8. The number of anilines is 1. The lowest BCUT2D eigenvalue weighted by Crippen LogP contribution is -2.54. The molecular formula is C22H24FN5O3. The standard InChI is InChI=1S/C22H24FN5O3/c1-14(21(30)24-17-6-7-18-19(13-17)26-22(31)25-18)27-8-10-28(11-9-27)20(29)12-15-2-4-16(23)5-3-15/h2-7,13-14H,8-12H2,1H3,(H,24,30)(H2,25,26,31). The van der Waals surface area contributed by atoms with E-state index >= 15 is 0 Å². The summed E-state index contributed by atoms with van der Waals surface area (Å²) in [4.78, 5) is 45.7. The van der Waals surface area contributed by atoms with E-state index in [1.54, 1.807) is 35.2 Å². The topological polar surface area (TPSA) is 101 Å². The third-order valence-electron chi connectivity index (χ3n) is 5.65. The number of halogens is 1. The Kier molecular flexibility index (Phi) is 5.85. The van der Waals surface area contributed by atoms with E-state index < -0.39 is 0 Å². The maximum absolute atomic E-state index is 13.0. The van der Waals surface area contributed by atoms with E-state index in [0.717, 1.165) is 5.56 Å². The molecule has 1 aliphatic heterocycles. The number of piperazine rings is 1. The minimum Gasteiger partial charge on any atom is -0.340 e. The number of fused-ring (bicyclic) bond motifs is 1. The van der Waals surface area contributed by atoms with Gasteiger partial charge < -0.3 is 20.2 Å². The van der Waals surface area contributed by atoms with Gasteiger partial charge in [-0.3, -0.25) is 14.5 Å². The van der Waals surface area contributed by atoms with Gasteiger partial charge in [0.25, 0.3) is 0 Å². The van der Waals surface area contributed by atoms with Gasteiger partial charge in [-0.25, -0.2) is 9.18 Å². The van der Waals surface area contributed by atoms with E-state index in [4.69, 9.17) is 0 Å². The molecule has 9 heteroatoms. The summed E-state index contributed by atoms with van der Waals surface area (Å²) in [5, 5.41) is 2.88. The Morgan fingerprint density at radius 2 is 1.71 bits per heavy atom. The van der Waals surface area contributed by atoms with Crippen LogP contribution in [0.25, 0.3) is 11.0 Å². The summed E-state index contributed by atoms with van der Waals surface area (Å²) in [7, 11) is 0. The Balaban J connectivity index is 1.30. The number of aromatic amines is 2. The van der Waals surface area contributed by atoms with Crippen molar-refractivity contribution >= 4 is 28.5 Å². The zero-order valence-corrected chi connectivity index (χ0v) is 17.2. The van der Waals surface area contributed by atoms with Gasteiger partial charge in [0.1, 0.15) is 5.82 Å². The second-order valence-corrected chi connectivity index (χ2v) is 7.72. The molecule has 0 spiro atoms. The van der Waals surface area contributed by atoms with Gasteiger partial charge >= 0.3 is 5.69 Å². The minimum atomic E-state index is -0.365. The average Bonchev–Trinajstić information content (AvgIpc) is 3.14. The van der Waals surface area contributed by atoms with Gasteiger partial charge in [-0.15, -0.1) is 0 Å². The molecular weight excluding hydrogens is 401 g/mol. The van der Waals surface area contributed by atoms with Crippen LogP contribution in [0.3, 0.4) is 0 Å². The van der Waals surface area contributed by atoms with E-state index in [-0.39, 0.29) is 35.8 Å². The summed E-state index contributed by atoms with van der Waals surface area (Å²) < 4.78 is 13.0. The molecule has 1 aromatic heterocycles. The van der Waals surface area contributed by atoms with Crippen LogP contribution in [0.1, 0.15) is 12.5 Å². The van der Waals surface area contributed by atoms with Crippen molar-refractivity contribution in [2.24, 2.45) is 0 Å². The first-order valence-corrected chi connectivity index (χ1v) is 10.2. The number of rotatable bonds is 5. The van der Waals surface area contributed by atoms with E-state index in [2.05, 4.69) is 15.3 Å². The molecule has 3 aromatic rings. The molecule has 2 amide bonds. The molecule has 2 aromatic carbocycles. The van der Waals surface area contributed by atoms with Gasteiger partial charge in [-0.2, -0.15) is 0 Å². The Labute approximate surface area is 178 Å². The van der Waals surface area contributed by atoms with Crippen molar-refractivity contribution in [1.29, 1.82) is 0 Å². The Morgan fingerprint density at radius 3 is 2.42 bits per heavy atom. The van der Waals surface area contributed by atoms with Gasteiger partial charge in [0.2, 0.25) is 11.8 Å². The van der Waals surface area contributed by atoms with Crippen molar-refractivity contribution in [2.45, 2.75) is 19.4 Å². The van der Waals surface area contributed by atoms with E-state index in [0.29, 0.717) is 42.9 Å². The first kappa shape index (κ1) is 20.8. The van der Waals surface area contributed by atoms with Crippen LogP contribution in [-0.2, 0) is 16.0 Å². The number of imidazole rings is 1. The fraction of sp³-hybridized carbons (Fsp3) is 0.318. The number of hydrogen-bond donors (Lipinski definition) is 3. The summed E-state index contributed by atoms with van der Waals surface area (Å²) in [5.41, 5.74) is 2.40. The molecule has 0 saturated carbocycles. The predicted octanol–water partition coefficient (Wildman–Crippen LogP) is 1.71. The van der Waals surface area contributed by atoms with E-state index in [1.807, 2.05) is 11.8 Å². The molecule has 1 saturated heterocycles. The van der Waals surface area contributed by atoms with Gasteiger partial charge in [-0.1, -0.05) is 12.1 Å². The molecule has 0 radical (unpaired) electrons. The molecule has 8 nitrogen and oxygen atoms in total. The lowest BCUT2D eigenvalue weighted by molar-refractivity contribution is -0.133. The highest BCUT2D eigenvalue weighted by atomic mass is 19.1. The fourth-order valence-electron chi connectivity index (χ4n) is 3.77. The van der Waals surface area contributed by atoms with Crippen molar-refractivity contribution < 1.29 is 14.0 Å². The average molecular weight is 425 g/mol. The first-order valence-electron chi connectivity index (χ1n) is 10.2. The van der Waals surface area contributed by atoms with Crippen LogP contribution < -0.4 is 11.0 Å². The fourth-order valence-corrected chi connectivity index (χ4v) is 3.77. The number of amides is 2. The number of nitrogens with one attached hydrogen (secondary N) is 3. The van der Waals surface area contributed by atoms with Gasteiger partial charge in [0.15, 0.2) is 0 Å². The number of aromatic nitrogens is 2. The van der Waals surface area contributed by atoms with Crippen LogP contribution >= 0.6 is 0 Å². The molecule has 4 rings (SSSR count). The number of H-pyrrole nitrogens is 2. The third kappa shape index (κ3) is 4.83. The summed E-state index contributed by atoms with van der Waals surface area (Å²) in [5.74, 6) is -0.473. The van der Waals surface area contributed by atoms with Crippen molar-refractivity contribution in [3.63, 3.8) is 0 Å². The SMILES string of the molecule is CC(C(=O)Nc1ccc2[nH]c(=O)[nH]c2c1)N1CCN(C(=O)Cc2ccc(F)cc2)CC1. The third-order valence-corrected chi connectivity index (χ3v) is 5.65. The lowest BCUT2D eigenvalue weighted by Gasteiger charge is -2.37. The van der Waals surface area contributed by atoms with Crippen LogP contribution in [0, 0.1) is 5.82 Å². The Hall–Kier alpha value is -3.46. The number of hydrogen-bond acceptors (Lipinski definition) is 4. The molecule has 0 bridgehead atoms.